The van der Waals surface area contributed by atoms with Gasteiger partial charge in [0.2, 0.25) is 11.0 Å². The molecule has 0 fully saturated rings. The Bertz CT molecular complexity index is 1310. The lowest BCUT2D eigenvalue weighted by atomic mass is 10.2. The van der Waals surface area contributed by atoms with E-state index in [1.807, 2.05) is 60.9 Å². The molecule has 4 rings (SSSR count). The standard InChI is InChI=1S/C23H23N7O2S3/c1-3-33-23-29-27-21(35-23)25-19(31)14-34-22-28-26-18(30(22)17-11-7-8-15(2)12-17)13-24-20(32)16-9-5-4-6-10-16/h4-12H,3,13-14H2,1-2H3,(H,24,32)(H,25,27,31). The number of carbonyl (C=O) groups is 2. The molecule has 180 valence electrons. The molecule has 0 atom stereocenters. The maximum atomic E-state index is 12.5. The van der Waals surface area contributed by atoms with Crippen LogP contribution in [-0.4, -0.2) is 48.3 Å². The summed E-state index contributed by atoms with van der Waals surface area (Å²) < 4.78 is 2.67. The predicted octanol–water partition coefficient (Wildman–Crippen LogP) is 4.20. The third-order valence-corrected chi connectivity index (χ3v) is 7.44. The van der Waals surface area contributed by atoms with Gasteiger partial charge < -0.3 is 5.32 Å². The van der Waals surface area contributed by atoms with E-state index in [4.69, 9.17) is 0 Å². The summed E-state index contributed by atoms with van der Waals surface area (Å²) in [6.07, 6.45) is 0. The van der Waals surface area contributed by atoms with Crippen molar-refractivity contribution in [2.45, 2.75) is 29.9 Å². The number of anilines is 1. The summed E-state index contributed by atoms with van der Waals surface area (Å²) in [4.78, 5) is 25.0. The number of nitrogens with zero attached hydrogens (tertiary/aromatic N) is 5. The molecule has 0 aliphatic heterocycles. The van der Waals surface area contributed by atoms with Gasteiger partial charge in [0.15, 0.2) is 15.3 Å². The fourth-order valence-corrected chi connectivity index (χ4v) is 5.55. The quantitative estimate of drug-likeness (QED) is 0.234. The van der Waals surface area contributed by atoms with Gasteiger partial charge in [-0.05, 0) is 42.5 Å². The summed E-state index contributed by atoms with van der Waals surface area (Å²) in [6, 6.07) is 16.9. The Morgan fingerprint density at radius 1 is 1.00 bits per heavy atom. The molecule has 0 bridgehead atoms. The monoisotopic (exact) mass is 525 g/mol. The van der Waals surface area contributed by atoms with E-state index in [1.54, 1.807) is 23.9 Å². The fraction of sp³-hybridized carbons (Fsp3) is 0.217. The van der Waals surface area contributed by atoms with Gasteiger partial charge in [0.1, 0.15) is 0 Å². The second-order valence-corrected chi connectivity index (χ2v) is 10.7. The SMILES string of the molecule is CCSc1nnc(NC(=O)CSc2nnc(CNC(=O)c3ccccc3)n2-c2cccc(C)c2)s1. The first-order chi connectivity index (χ1) is 17.0. The van der Waals surface area contributed by atoms with Crippen molar-refractivity contribution in [3.8, 4) is 5.69 Å². The average Bonchev–Trinajstić information content (AvgIpc) is 3.48. The van der Waals surface area contributed by atoms with Crippen molar-refractivity contribution in [2.24, 2.45) is 0 Å². The number of benzene rings is 2. The van der Waals surface area contributed by atoms with E-state index in [9.17, 15) is 9.59 Å². The first kappa shape index (κ1) is 24.9. The Balaban J connectivity index is 1.47. The maximum absolute atomic E-state index is 12.5. The molecule has 2 amide bonds. The molecule has 12 heteroatoms. The highest BCUT2D eigenvalue weighted by Gasteiger charge is 2.18. The van der Waals surface area contributed by atoms with Gasteiger partial charge in [-0.25, -0.2) is 0 Å². The highest BCUT2D eigenvalue weighted by Crippen LogP contribution is 2.26. The van der Waals surface area contributed by atoms with Crippen LogP contribution in [0.25, 0.3) is 5.69 Å². The van der Waals surface area contributed by atoms with Gasteiger partial charge in [0, 0.05) is 11.3 Å². The zero-order valence-electron chi connectivity index (χ0n) is 19.1. The van der Waals surface area contributed by atoms with Crippen molar-refractivity contribution in [2.75, 3.05) is 16.8 Å². The lowest BCUT2D eigenvalue weighted by Gasteiger charge is -2.11. The Hall–Kier alpha value is -3.22. The van der Waals surface area contributed by atoms with Crippen molar-refractivity contribution >= 4 is 51.8 Å². The molecular weight excluding hydrogens is 503 g/mol. The van der Waals surface area contributed by atoms with Crippen LogP contribution in [0.2, 0.25) is 0 Å². The number of hydrogen-bond acceptors (Lipinski definition) is 9. The fourth-order valence-electron chi connectivity index (χ4n) is 3.11. The van der Waals surface area contributed by atoms with E-state index >= 15 is 0 Å². The second-order valence-electron chi connectivity index (χ2n) is 7.26. The van der Waals surface area contributed by atoms with Gasteiger partial charge in [-0.3, -0.25) is 19.5 Å². The van der Waals surface area contributed by atoms with E-state index in [-0.39, 0.29) is 24.1 Å². The van der Waals surface area contributed by atoms with E-state index in [0.717, 1.165) is 21.3 Å². The third-order valence-electron chi connectivity index (χ3n) is 4.66. The average molecular weight is 526 g/mol. The number of aryl methyl sites for hydroxylation is 1. The first-order valence-corrected chi connectivity index (χ1v) is 13.6. The molecule has 0 spiro atoms. The van der Waals surface area contributed by atoms with Crippen LogP contribution in [0.5, 0.6) is 0 Å². The zero-order chi connectivity index (χ0) is 24.6. The minimum atomic E-state index is -0.211. The second kappa shape index (κ2) is 12.0. The first-order valence-electron chi connectivity index (χ1n) is 10.8. The van der Waals surface area contributed by atoms with Gasteiger partial charge in [0.25, 0.3) is 5.91 Å². The molecule has 0 saturated heterocycles. The summed E-state index contributed by atoms with van der Waals surface area (Å²) in [5, 5.41) is 23.3. The summed E-state index contributed by atoms with van der Waals surface area (Å²) >= 11 is 4.19. The number of amides is 2. The molecule has 9 nitrogen and oxygen atoms in total. The number of nitrogens with one attached hydrogen (secondary N) is 2. The van der Waals surface area contributed by atoms with Crippen LogP contribution >= 0.6 is 34.9 Å². The summed E-state index contributed by atoms with van der Waals surface area (Å²) in [5.74, 6) is 1.16. The van der Waals surface area contributed by atoms with E-state index < -0.39 is 0 Å². The molecule has 2 heterocycles. The topological polar surface area (TPSA) is 115 Å². The summed E-state index contributed by atoms with van der Waals surface area (Å²) in [6.45, 7) is 4.22. The lowest BCUT2D eigenvalue weighted by Crippen LogP contribution is -2.24. The van der Waals surface area contributed by atoms with Crippen molar-refractivity contribution in [1.29, 1.82) is 0 Å². The van der Waals surface area contributed by atoms with E-state index in [1.165, 1.54) is 23.1 Å². The highest BCUT2D eigenvalue weighted by molar-refractivity contribution is 8.01. The van der Waals surface area contributed by atoms with Crippen molar-refractivity contribution in [1.82, 2.24) is 30.3 Å². The van der Waals surface area contributed by atoms with Gasteiger partial charge in [-0.1, -0.05) is 72.1 Å². The van der Waals surface area contributed by atoms with Gasteiger partial charge >= 0.3 is 0 Å². The molecule has 0 unspecified atom stereocenters. The van der Waals surface area contributed by atoms with Crippen molar-refractivity contribution in [3.05, 3.63) is 71.5 Å². The van der Waals surface area contributed by atoms with Crippen molar-refractivity contribution < 1.29 is 9.59 Å². The largest absolute Gasteiger partial charge is 0.345 e. The molecule has 2 aromatic heterocycles. The summed E-state index contributed by atoms with van der Waals surface area (Å²) in [5.41, 5.74) is 2.49. The molecule has 0 saturated carbocycles. The number of thioether (sulfide) groups is 2. The molecule has 2 N–H and O–H groups in total. The van der Waals surface area contributed by atoms with Crippen LogP contribution in [-0.2, 0) is 11.3 Å². The van der Waals surface area contributed by atoms with Crippen LogP contribution in [0, 0.1) is 6.92 Å². The van der Waals surface area contributed by atoms with Crippen molar-refractivity contribution in [3.63, 3.8) is 0 Å². The van der Waals surface area contributed by atoms with Crippen LogP contribution in [0.4, 0.5) is 5.13 Å². The van der Waals surface area contributed by atoms with Gasteiger partial charge in [0.05, 0.1) is 12.3 Å². The van der Waals surface area contributed by atoms with E-state index in [2.05, 4.69) is 31.0 Å². The third kappa shape index (κ3) is 6.68. The molecular formula is C23H23N7O2S3. The van der Waals surface area contributed by atoms with Crippen LogP contribution in [0.15, 0.2) is 64.1 Å². The molecule has 4 aromatic rings. The minimum Gasteiger partial charge on any atom is -0.345 e. The Morgan fingerprint density at radius 2 is 1.83 bits per heavy atom. The zero-order valence-corrected chi connectivity index (χ0v) is 21.5. The van der Waals surface area contributed by atoms with Crippen LogP contribution in [0.3, 0.4) is 0 Å². The normalized spacial score (nSPS) is 10.8. The molecule has 0 radical (unpaired) electrons. The number of rotatable bonds is 10. The molecule has 0 aliphatic carbocycles. The number of hydrogen-bond donors (Lipinski definition) is 2. The van der Waals surface area contributed by atoms with Crippen LogP contribution < -0.4 is 10.6 Å². The Labute approximate surface area is 215 Å². The Morgan fingerprint density at radius 3 is 2.60 bits per heavy atom. The maximum Gasteiger partial charge on any atom is 0.251 e. The number of aromatic nitrogens is 5. The molecule has 0 aliphatic rings. The smallest absolute Gasteiger partial charge is 0.251 e. The highest BCUT2D eigenvalue weighted by atomic mass is 32.2. The molecule has 2 aromatic carbocycles. The van der Waals surface area contributed by atoms with E-state index in [0.29, 0.717) is 21.7 Å². The Kier molecular flexibility index (Phi) is 8.50. The van der Waals surface area contributed by atoms with Crippen LogP contribution in [0.1, 0.15) is 28.7 Å². The molecule has 35 heavy (non-hydrogen) atoms. The van der Waals surface area contributed by atoms with Gasteiger partial charge in [-0.2, -0.15) is 0 Å². The summed E-state index contributed by atoms with van der Waals surface area (Å²) in [7, 11) is 0. The van der Waals surface area contributed by atoms with Gasteiger partial charge in [-0.15, -0.1) is 20.4 Å². The minimum absolute atomic E-state index is 0.121. The predicted molar refractivity (Wildman–Crippen MR) is 139 cm³/mol. The number of carbonyl (C=O) groups excluding carboxylic acids is 2. The lowest BCUT2D eigenvalue weighted by molar-refractivity contribution is -0.113.